The summed E-state index contributed by atoms with van der Waals surface area (Å²) in [6.45, 7) is 2.39. The first-order valence-corrected chi connectivity index (χ1v) is 8.84. The van der Waals surface area contributed by atoms with E-state index >= 15 is 0 Å². The van der Waals surface area contributed by atoms with E-state index in [0.29, 0.717) is 18.0 Å². The van der Waals surface area contributed by atoms with E-state index in [4.69, 9.17) is 9.47 Å². The number of rotatable bonds is 7. The molecule has 0 aromatic heterocycles. The van der Waals surface area contributed by atoms with E-state index in [1.165, 1.54) is 0 Å². The molecule has 0 fully saturated rings. The molecule has 0 bridgehead atoms. The smallest absolute Gasteiger partial charge is 0.241 e. The van der Waals surface area contributed by atoms with Crippen LogP contribution in [-0.4, -0.2) is 26.2 Å². The fourth-order valence-electron chi connectivity index (χ4n) is 2.87. The Morgan fingerprint density at radius 2 is 1.67 bits per heavy atom. The Balaban J connectivity index is 1.60. The predicted octanol–water partition coefficient (Wildman–Crippen LogP) is 3.97. The van der Waals surface area contributed by atoms with E-state index in [2.05, 4.69) is 10.6 Å². The van der Waals surface area contributed by atoms with Crippen LogP contribution in [0.2, 0.25) is 0 Å². The van der Waals surface area contributed by atoms with Crippen LogP contribution in [0.15, 0.2) is 60.7 Å². The first-order chi connectivity index (χ1) is 13.1. The van der Waals surface area contributed by atoms with Crippen molar-refractivity contribution in [2.75, 3.05) is 19.5 Å². The SMILES string of the molecule is COc1ccc(CN[C@@H](C)C(=O)Nc2ccc3ccccc3c2)cc1OC. The van der Waals surface area contributed by atoms with Crippen molar-refractivity contribution >= 4 is 22.4 Å². The highest BCUT2D eigenvalue weighted by molar-refractivity contribution is 5.97. The first kappa shape index (κ1) is 18.7. The molecule has 3 rings (SSSR count). The number of methoxy groups -OCH3 is 2. The molecule has 1 atom stereocenters. The average molecular weight is 364 g/mol. The molecule has 140 valence electrons. The Bertz CT molecular complexity index is 940. The van der Waals surface area contributed by atoms with Gasteiger partial charge in [-0.05, 0) is 47.5 Å². The van der Waals surface area contributed by atoms with Gasteiger partial charge in [-0.15, -0.1) is 0 Å². The number of ether oxygens (including phenoxy) is 2. The zero-order valence-corrected chi connectivity index (χ0v) is 15.8. The van der Waals surface area contributed by atoms with Gasteiger partial charge in [0.15, 0.2) is 11.5 Å². The minimum atomic E-state index is -0.343. The lowest BCUT2D eigenvalue weighted by Gasteiger charge is -2.15. The maximum Gasteiger partial charge on any atom is 0.241 e. The average Bonchev–Trinajstić information content (AvgIpc) is 2.71. The lowest BCUT2D eigenvalue weighted by molar-refractivity contribution is -0.117. The molecule has 2 N–H and O–H groups in total. The summed E-state index contributed by atoms with van der Waals surface area (Å²) in [6.07, 6.45) is 0. The van der Waals surface area contributed by atoms with Crippen molar-refractivity contribution in [2.45, 2.75) is 19.5 Å². The van der Waals surface area contributed by atoms with E-state index in [0.717, 1.165) is 22.0 Å². The summed E-state index contributed by atoms with van der Waals surface area (Å²) in [5.74, 6) is 1.28. The summed E-state index contributed by atoms with van der Waals surface area (Å²) in [7, 11) is 3.21. The van der Waals surface area contributed by atoms with E-state index in [1.807, 2.05) is 67.6 Å². The minimum absolute atomic E-state index is 0.0780. The monoisotopic (exact) mass is 364 g/mol. The summed E-state index contributed by atoms with van der Waals surface area (Å²) in [4.78, 5) is 12.5. The van der Waals surface area contributed by atoms with Gasteiger partial charge in [-0.3, -0.25) is 4.79 Å². The van der Waals surface area contributed by atoms with Crippen molar-refractivity contribution in [2.24, 2.45) is 0 Å². The fraction of sp³-hybridized carbons (Fsp3) is 0.227. The second-order valence-electron chi connectivity index (χ2n) is 6.34. The van der Waals surface area contributed by atoms with Crippen molar-refractivity contribution in [1.82, 2.24) is 5.32 Å². The third-order valence-electron chi connectivity index (χ3n) is 4.47. The van der Waals surface area contributed by atoms with Gasteiger partial charge in [-0.25, -0.2) is 0 Å². The van der Waals surface area contributed by atoms with Crippen molar-refractivity contribution in [3.05, 3.63) is 66.2 Å². The second kappa shape index (κ2) is 8.56. The van der Waals surface area contributed by atoms with Crippen LogP contribution in [0.1, 0.15) is 12.5 Å². The number of hydrogen-bond donors (Lipinski definition) is 2. The third kappa shape index (κ3) is 4.57. The lowest BCUT2D eigenvalue weighted by Crippen LogP contribution is -2.37. The largest absolute Gasteiger partial charge is 0.493 e. The van der Waals surface area contributed by atoms with Crippen molar-refractivity contribution in [1.29, 1.82) is 0 Å². The number of fused-ring (bicyclic) bond motifs is 1. The van der Waals surface area contributed by atoms with E-state index in [1.54, 1.807) is 14.2 Å². The molecule has 0 saturated carbocycles. The Morgan fingerprint density at radius 3 is 2.41 bits per heavy atom. The summed E-state index contributed by atoms with van der Waals surface area (Å²) >= 11 is 0. The Hall–Kier alpha value is -3.05. The molecule has 1 amide bonds. The summed E-state index contributed by atoms with van der Waals surface area (Å²) in [6, 6.07) is 19.3. The standard InChI is InChI=1S/C22H24N2O3/c1-15(23-14-16-8-11-20(26-2)21(12-16)27-3)22(25)24-19-10-9-17-6-4-5-7-18(17)13-19/h4-13,15,23H,14H2,1-3H3,(H,24,25)/t15-/m0/s1. The topological polar surface area (TPSA) is 59.6 Å². The van der Waals surface area contributed by atoms with Crippen molar-refractivity contribution in [3.63, 3.8) is 0 Å². The van der Waals surface area contributed by atoms with Crippen molar-refractivity contribution < 1.29 is 14.3 Å². The molecule has 0 spiro atoms. The van der Waals surface area contributed by atoms with E-state index < -0.39 is 0 Å². The number of amides is 1. The zero-order chi connectivity index (χ0) is 19.2. The lowest BCUT2D eigenvalue weighted by atomic mass is 10.1. The van der Waals surface area contributed by atoms with Crippen LogP contribution < -0.4 is 20.1 Å². The molecule has 5 heteroatoms. The van der Waals surface area contributed by atoms with Gasteiger partial charge in [-0.2, -0.15) is 0 Å². The van der Waals surface area contributed by atoms with Gasteiger partial charge in [0.05, 0.1) is 20.3 Å². The molecule has 5 nitrogen and oxygen atoms in total. The minimum Gasteiger partial charge on any atom is -0.493 e. The quantitative estimate of drug-likeness (QED) is 0.666. The maximum atomic E-state index is 12.5. The van der Waals surface area contributed by atoms with Gasteiger partial charge >= 0.3 is 0 Å². The number of nitrogens with one attached hydrogen (secondary N) is 2. The van der Waals surface area contributed by atoms with Crippen LogP contribution in [-0.2, 0) is 11.3 Å². The highest BCUT2D eigenvalue weighted by atomic mass is 16.5. The van der Waals surface area contributed by atoms with Crippen LogP contribution >= 0.6 is 0 Å². The molecular weight excluding hydrogens is 340 g/mol. The second-order valence-corrected chi connectivity index (χ2v) is 6.34. The predicted molar refractivity (Wildman–Crippen MR) is 108 cm³/mol. The number of carbonyl (C=O) groups excluding carboxylic acids is 1. The molecule has 3 aromatic carbocycles. The van der Waals surface area contributed by atoms with Gasteiger partial charge in [0.25, 0.3) is 0 Å². The molecular formula is C22H24N2O3. The van der Waals surface area contributed by atoms with Crippen LogP contribution in [0.4, 0.5) is 5.69 Å². The van der Waals surface area contributed by atoms with Gasteiger partial charge < -0.3 is 20.1 Å². The van der Waals surface area contributed by atoms with Crippen molar-refractivity contribution in [3.8, 4) is 11.5 Å². The molecule has 3 aromatic rings. The van der Waals surface area contributed by atoms with Gasteiger partial charge in [0.1, 0.15) is 0 Å². The maximum absolute atomic E-state index is 12.5. The molecule has 0 aliphatic carbocycles. The van der Waals surface area contributed by atoms with Crippen LogP contribution in [0, 0.1) is 0 Å². The Morgan fingerprint density at radius 1 is 0.926 bits per heavy atom. The molecule has 0 saturated heterocycles. The Labute approximate surface area is 159 Å². The summed E-state index contributed by atoms with van der Waals surface area (Å²) < 4.78 is 10.6. The van der Waals surface area contributed by atoms with E-state index in [-0.39, 0.29) is 11.9 Å². The molecule has 0 aliphatic heterocycles. The van der Waals surface area contributed by atoms with Crippen LogP contribution in [0.5, 0.6) is 11.5 Å². The van der Waals surface area contributed by atoms with Gasteiger partial charge in [0.2, 0.25) is 5.91 Å². The molecule has 0 aliphatic rings. The highest BCUT2D eigenvalue weighted by Gasteiger charge is 2.13. The molecule has 0 heterocycles. The fourth-order valence-corrected chi connectivity index (χ4v) is 2.87. The number of hydrogen-bond acceptors (Lipinski definition) is 4. The van der Waals surface area contributed by atoms with Crippen LogP contribution in [0.3, 0.4) is 0 Å². The normalized spacial score (nSPS) is 11.8. The highest BCUT2D eigenvalue weighted by Crippen LogP contribution is 2.27. The van der Waals surface area contributed by atoms with Crippen LogP contribution in [0.25, 0.3) is 10.8 Å². The number of carbonyl (C=O) groups is 1. The third-order valence-corrected chi connectivity index (χ3v) is 4.47. The summed E-state index contributed by atoms with van der Waals surface area (Å²) in [5, 5.41) is 8.45. The first-order valence-electron chi connectivity index (χ1n) is 8.84. The van der Waals surface area contributed by atoms with Gasteiger partial charge in [-0.1, -0.05) is 36.4 Å². The van der Waals surface area contributed by atoms with E-state index in [9.17, 15) is 4.79 Å². The molecule has 0 unspecified atom stereocenters. The molecule has 0 radical (unpaired) electrons. The summed E-state index contributed by atoms with van der Waals surface area (Å²) in [5.41, 5.74) is 1.80. The zero-order valence-electron chi connectivity index (χ0n) is 15.8. The molecule has 27 heavy (non-hydrogen) atoms. The van der Waals surface area contributed by atoms with Gasteiger partial charge in [0, 0.05) is 12.2 Å². The number of benzene rings is 3. The Kier molecular flexibility index (Phi) is 5.94. The number of anilines is 1.